The Hall–Kier alpha value is -2.36. The molecular weight excluding hydrogens is 304 g/mol. The van der Waals surface area contributed by atoms with Gasteiger partial charge in [0.2, 0.25) is 5.78 Å². The molecule has 0 aliphatic carbocycles. The molecule has 0 fully saturated rings. The van der Waals surface area contributed by atoms with Gasteiger partial charge in [0.15, 0.2) is 6.10 Å². The van der Waals surface area contributed by atoms with E-state index in [1.54, 1.807) is 39.0 Å². The molecule has 0 aliphatic heterocycles. The Morgan fingerprint density at radius 3 is 2.12 bits per heavy atom. The van der Waals surface area contributed by atoms with Crippen molar-refractivity contribution in [3.05, 3.63) is 58.5 Å². The van der Waals surface area contributed by atoms with E-state index in [2.05, 4.69) is 20.8 Å². The highest BCUT2D eigenvalue weighted by Gasteiger charge is 2.23. The largest absolute Gasteiger partial charge is 0.466 e. The summed E-state index contributed by atoms with van der Waals surface area (Å²) in [6.45, 7) is 11.4. The van der Waals surface area contributed by atoms with Crippen molar-refractivity contribution in [2.75, 3.05) is 0 Å². The molecule has 0 amide bonds. The molecule has 1 aromatic heterocycles. The van der Waals surface area contributed by atoms with Crippen LogP contribution in [0.5, 0.6) is 0 Å². The quantitative estimate of drug-likeness (QED) is 0.607. The van der Waals surface area contributed by atoms with E-state index in [4.69, 9.17) is 9.15 Å². The fourth-order valence-electron chi connectivity index (χ4n) is 2.48. The van der Waals surface area contributed by atoms with Crippen LogP contribution in [-0.2, 0) is 10.2 Å². The first-order valence-electron chi connectivity index (χ1n) is 8.02. The van der Waals surface area contributed by atoms with Gasteiger partial charge in [0.1, 0.15) is 17.1 Å². The van der Waals surface area contributed by atoms with E-state index in [1.165, 1.54) is 0 Å². The first-order chi connectivity index (χ1) is 11.1. The van der Waals surface area contributed by atoms with Gasteiger partial charge in [-0.1, -0.05) is 45.0 Å². The predicted molar refractivity (Wildman–Crippen MR) is 92.5 cm³/mol. The normalized spacial score (nSPS) is 12.8. The molecule has 4 heteroatoms. The SMILES string of the molecule is Cc1cc(C(=O)O[C@@H](C)C(=O)c2ccc(C(C)(C)C)cc2)c(C)o1. The third kappa shape index (κ3) is 3.94. The number of hydrogen-bond acceptors (Lipinski definition) is 4. The maximum Gasteiger partial charge on any atom is 0.342 e. The summed E-state index contributed by atoms with van der Waals surface area (Å²) in [6, 6.07) is 9.05. The van der Waals surface area contributed by atoms with E-state index in [0.29, 0.717) is 22.6 Å². The van der Waals surface area contributed by atoms with Crippen LogP contribution >= 0.6 is 0 Å². The van der Waals surface area contributed by atoms with Crippen LogP contribution in [0, 0.1) is 13.8 Å². The van der Waals surface area contributed by atoms with Crippen LogP contribution in [0.25, 0.3) is 0 Å². The fourth-order valence-corrected chi connectivity index (χ4v) is 2.48. The summed E-state index contributed by atoms with van der Waals surface area (Å²) in [5, 5.41) is 0. The summed E-state index contributed by atoms with van der Waals surface area (Å²) in [4.78, 5) is 24.6. The lowest BCUT2D eigenvalue weighted by molar-refractivity contribution is 0.0317. The van der Waals surface area contributed by atoms with Crippen molar-refractivity contribution in [1.82, 2.24) is 0 Å². The third-order valence-corrected chi connectivity index (χ3v) is 3.95. The van der Waals surface area contributed by atoms with Crippen LogP contribution in [0.1, 0.15) is 65.5 Å². The lowest BCUT2D eigenvalue weighted by atomic mass is 9.86. The lowest BCUT2D eigenvalue weighted by Gasteiger charge is -2.19. The van der Waals surface area contributed by atoms with Crippen LogP contribution in [-0.4, -0.2) is 17.9 Å². The van der Waals surface area contributed by atoms with Crippen molar-refractivity contribution in [2.45, 2.75) is 53.1 Å². The maximum atomic E-state index is 12.5. The molecule has 0 saturated carbocycles. The number of aryl methyl sites for hydroxylation is 2. The second kappa shape index (κ2) is 6.63. The molecule has 2 aromatic rings. The molecule has 0 unspecified atom stereocenters. The highest BCUT2D eigenvalue weighted by atomic mass is 16.5. The van der Waals surface area contributed by atoms with Gasteiger partial charge in [0.05, 0.1) is 0 Å². The summed E-state index contributed by atoms with van der Waals surface area (Å²) < 4.78 is 10.6. The maximum absolute atomic E-state index is 12.5. The first-order valence-corrected chi connectivity index (χ1v) is 8.02. The highest BCUT2D eigenvalue weighted by Crippen LogP contribution is 2.23. The number of furan rings is 1. The van der Waals surface area contributed by atoms with Crippen LogP contribution in [0.3, 0.4) is 0 Å². The van der Waals surface area contributed by atoms with Gasteiger partial charge in [-0.3, -0.25) is 4.79 Å². The lowest BCUT2D eigenvalue weighted by Crippen LogP contribution is -2.24. The number of carbonyl (C=O) groups is 2. The van der Waals surface area contributed by atoms with Gasteiger partial charge in [-0.2, -0.15) is 0 Å². The molecule has 0 spiro atoms. The second-order valence-corrected chi connectivity index (χ2v) is 7.07. The molecule has 0 N–H and O–H groups in total. The number of rotatable bonds is 4. The molecule has 1 aromatic carbocycles. The van der Waals surface area contributed by atoms with E-state index in [0.717, 1.165) is 5.56 Å². The smallest absolute Gasteiger partial charge is 0.342 e. The minimum Gasteiger partial charge on any atom is -0.466 e. The number of ketones is 1. The van der Waals surface area contributed by atoms with E-state index in [1.807, 2.05) is 12.1 Å². The summed E-state index contributed by atoms with van der Waals surface area (Å²) in [5.41, 5.74) is 2.06. The molecule has 0 aliphatic rings. The van der Waals surface area contributed by atoms with Gasteiger partial charge in [0.25, 0.3) is 0 Å². The average Bonchev–Trinajstić information content (AvgIpc) is 2.84. The number of benzene rings is 1. The van der Waals surface area contributed by atoms with Gasteiger partial charge in [-0.15, -0.1) is 0 Å². The predicted octanol–water partition coefficient (Wildman–Crippen LogP) is 4.62. The molecule has 0 saturated heterocycles. The zero-order valence-corrected chi connectivity index (χ0v) is 15.1. The van der Waals surface area contributed by atoms with Gasteiger partial charge in [-0.25, -0.2) is 4.79 Å². The van der Waals surface area contributed by atoms with Crippen molar-refractivity contribution in [1.29, 1.82) is 0 Å². The Morgan fingerprint density at radius 1 is 1.08 bits per heavy atom. The molecule has 1 atom stereocenters. The summed E-state index contributed by atoms with van der Waals surface area (Å²) in [5.74, 6) is 0.362. The zero-order valence-electron chi connectivity index (χ0n) is 15.1. The molecule has 0 radical (unpaired) electrons. The van der Waals surface area contributed by atoms with Crippen molar-refractivity contribution >= 4 is 11.8 Å². The van der Waals surface area contributed by atoms with Crippen LogP contribution in [0.2, 0.25) is 0 Å². The van der Waals surface area contributed by atoms with Crippen molar-refractivity contribution < 1.29 is 18.7 Å². The molecule has 2 rings (SSSR count). The van der Waals surface area contributed by atoms with E-state index in [9.17, 15) is 9.59 Å². The van der Waals surface area contributed by atoms with E-state index >= 15 is 0 Å². The van der Waals surface area contributed by atoms with Crippen LogP contribution in [0.15, 0.2) is 34.7 Å². The van der Waals surface area contributed by atoms with Gasteiger partial charge in [0, 0.05) is 5.56 Å². The van der Waals surface area contributed by atoms with Gasteiger partial charge >= 0.3 is 5.97 Å². The average molecular weight is 328 g/mol. The molecule has 1 heterocycles. The third-order valence-electron chi connectivity index (χ3n) is 3.95. The zero-order chi connectivity index (χ0) is 18.1. The minimum atomic E-state index is -0.854. The van der Waals surface area contributed by atoms with Gasteiger partial charge < -0.3 is 9.15 Å². The standard InChI is InChI=1S/C20H24O4/c1-12-11-17(13(2)23-12)19(22)24-14(3)18(21)15-7-9-16(10-8-15)20(4,5)6/h7-11,14H,1-6H3/t14-/m0/s1. The molecule has 0 bridgehead atoms. The Kier molecular flexibility index (Phi) is 4.97. The highest BCUT2D eigenvalue weighted by molar-refractivity contribution is 6.01. The Balaban J connectivity index is 2.09. The van der Waals surface area contributed by atoms with E-state index in [-0.39, 0.29) is 11.2 Å². The number of ether oxygens (including phenoxy) is 1. The fraction of sp³-hybridized carbons (Fsp3) is 0.400. The number of carbonyl (C=O) groups excluding carboxylic acids is 2. The molecule has 24 heavy (non-hydrogen) atoms. The molecular formula is C20H24O4. The summed E-state index contributed by atoms with van der Waals surface area (Å²) in [6.07, 6.45) is -0.854. The first kappa shape index (κ1) is 18.0. The van der Waals surface area contributed by atoms with Gasteiger partial charge in [-0.05, 0) is 37.8 Å². The molecule has 128 valence electrons. The Bertz CT molecular complexity index is 745. The van der Waals surface area contributed by atoms with Crippen LogP contribution in [0.4, 0.5) is 0 Å². The number of Topliss-reactive ketones (excluding diaryl/α,β-unsaturated/α-hetero) is 1. The van der Waals surface area contributed by atoms with Crippen molar-refractivity contribution in [3.8, 4) is 0 Å². The minimum absolute atomic E-state index is 0.0241. The van der Waals surface area contributed by atoms with Crippen LogP contribution < -0.4 is 0 Å². The monoisotopic (exact) mass is 328 g/mol. The molecule has 4 nitrogen and oxygen atoms in total. The van der Waals surface area contributed by atoms with Crippen molar-refractivity contribution in [3.63, 3.8) is 0 Å². The second-order valence-electron chi connectivity index (χ2n) is 7.07. The summed E-state index contributed by atoms with van der Waals surface area (Å²) in [7, 11) is 0. The Morgan fingerprint density at radius 2 is 1.67 bits per heavy atom. The topological polar surface area (TPSA) is 56.5 Å². The Labute approximate surface area is 142 Å². The number of hydrogen-bond donors (Lipinski definition) is 0. The van der Waals surface area contributed by atoms with Crippen molar-refractivity contribution in [2.24, 2.45) is 0 Å². The van der Waals surface area contributed by atoms with E-state index < -0.39 is 12.1 Å². The number of esters is 1. The summed E-state index contributed by atoms with van der Waals surface area (Å²) >= 11 is 0.